The SMILES string of the molecule is CCOC(=O)c1nn(C(CC#N)C2CCCC2)cc1-c1ncnc2c1ccn2COCC[Si](C)(C)C. The summed E-state index contributed by atoms with van der Waals surface area (Å²) in [6.45, 7) is 10.1. The van der Waals surface area contributed by atoms with Gasteiger partial charge in [-0.15, -0.1) is 0 Å². The molecule has 0 aliphatic heterocycles. The first-order valence-corrected chi connectivity index (χ1v) is 16.5. The molecule has 0 saturated heterocycles. The average Bonchev–Trinajstić information content (AvgIpc) is 3.60. The summed E-state index contributed by atoms with van der Waals surface area (Å²) in [5.74, 6) is -0.124. The van der Waals surface area contributed by atoms with E-state index in [9.17, 15) is 10.1 Å². The van der Waals surface area contributed by atoms with Crippen LogP contribution in [0.4, 0.5) is 0 Å². The summed E-state index contributed by atoms with van der Waals surface area (Å²) in [5.41, 5.74) is 2.17. The molecule has 36 heavy (non-hydrogen) atoms. The number of fused-ring (bicyclic) bond motifs is 1. The van der Waals surface area contributed by atoms with Crippen LogP contribution >= 0.6 is 0 Å². The number of ether oxygens (including phenoxy) is 2. The molecule has 0 bridgehead atoms. The maximum absolute atomic E-state index is 12.9. The third-order valence-electron chi connectivity index (χ3n) is 6.82. The standard InChI is InChI=1S/C26H36N6O3Si/c1-5-35-26(33)24-21(16-32(30-24)22(10-12-27)19-8-6-7-9-19)23-20-11-13-31(25(20)29-17-28-23)18-34-14-15-36(2,3)4/h11,13,16-17,19,22H,5-10,14-15,18H2,1-4H3. The number of aromatic nitrogens is 5. The van der Waals surface area contributed by atoms with E-state index in [1.54, 1.807) is 11.6 Å². The molecular weight excluding hydrogens is 472 g/mol. The van der Waals surface area contributed by atoms with Gasteiger partial charge in [-0.25, -0.2) is 14.8 Å². The van der Waals surface area contributed by atoms with Crippen LogP contribution in [0, 0.1) is 17.2 Å². The van der Waals surface area contributed by atoms with Crippen LogP contribution < -0.4 is 0 Å². The van der Waals surface area contributed by atoms with Crippen LogP contribution in [0.25, 0.3) is 22.3 Å². The highest BCUT2D eigenvalue weighted by atomic mass is 28.3. The number of nitriles is 1. The molecule has 192 valence electrons. The third kappa shape index (κ3) is 5.85. The van der Waals surface area contributed by atoms with Gasteiger partial charge in [-0.2, -0.15) is 10.4 Å². The normalized spacial score (nSPS) is 15.3. The highest BCUT2D eigenvalue weighted by Gasteiger charge is 2.30. The predicted molar refractivity (Wildman–Crippen MR) is 140 cm³/mol. The van der Waals surface area contributed by atoms with Crippen molar-refractivity contribution in [3.63, 3.8) is 0 Å². The smallest absolute Gasteiger partial charge is 0.359 e. The molecule has 0 N–H and O–H groups in total. The summed E-state index contributed by atoms with van der Waals surface area (Å²) < 4.78 is 15.0. The molecule has 1 aliphatic carbocycles. The summed E-state index contributed by atoms with van der Waals surface area (Å²) in [6, 6.07) is 5.28. The second-order valence-electron chi connectivity index (χ2n) is 10.7. The van der Waals surface area contributed by atoms with Crippen molar-refractivity contribution in [3.8, 4) is 17.3 Å². The first-order valence-electron chi connectivity index (χ1n) is 12.8. The summed E-state index contributed by atoms with van der Waals surface area (Å²) in [6.07, 6.45) is 10.1. The van der Waals surface area contributed by atoms with Crippen LogP contribution in [0.1, 0.15) is 55.6 Å². The number of carbonyl (C=O) groups excluding carboxylic acids is 1. The van der Waals surface area contributed by atoms with Crippen molar-refractivity contribution in [2.24, 2.45) is 5.92 Å². The molecule has 0 spiro atoms. The van der Waals surface area contributed by atoms with E-state index in [4.69, 9.17) is 9.47 Å². The number of hydrogen-bond acceptors (Lipinski definition) is 7. The van der Waals surface area contributed by atoms with Crippen LogP contribution in [0.2, 0.25) is 25.7 Å². The number of nitrogens with zero attached hydrogens (tertiary/aromatic N) is 6. The van der Waals surface area contributed by atoms with Gasteiger partial charge in [-0.05, 0) is 37.8 Å². The van der Waals surface area contributed by atoms with E-state index in [0.717, 1.165) is 42.8 Å². The lowest BCUT2D eigenvalue weighted by atomic mass is 9.96. The van der Waals surface area contributed by atoms with Crippen molar-refractivity contribution in [1.82, 2.24) is 24.3 Å². The Balaban J connectivity index is 1.69. The minimum absolute atomic E-state index is 0.0823. The van der Waals surface area contributed by atoms with Gasteiger partial charge in [0, 0.05) is 32.5 Å². The minimum atomic E-state index is -1.17. The largest absolute Gasteiger partial charge is 0.461 e. The lowest BCUT2D eigenvalue weighted by Gasteiger charge is -2.21. The van der Waals surface area contributed by atoms with Crippen molar-refractivity contribution in [1.29, 1.82) is 5.26 Å². The minimum Gasteiger partial charge on any atom is -0.461 e. The van der Waals surface area contributed by atoms with Crippen LogP contribution in [-0.2, 0) is 16.2 Å². The topological polar surface area (TPSA) is 108 Å². The number of carbonyl (C=O) groups is 1. The molecule has 10 heteroatoms. The number of rotatable bonds is 11. The quantitative estimate of drug-likeness (QED) is 0.193. The van der Waals surface area contributed by atoms with Crippen LogP contribution in [-0.4, -0.2) is 51.6 Å². The Labute approximate surface area is 213 Å². The zero-order valence-corrected chi connectivity index (χ0v) is 22.7. The summed E-state index contributed by atoms with van der Waals surface area (Å²) in [4.78, 5) is 22.0. The maximum Gasteiger partial charge on any atom is 0.359 e. The Kier molecular flexibility index (Phi) is 8.21. The van der Waals surface area contributed by atoms with Crippen LogP contribution in [0.15, 0.2) is 24.8 Å². The van der Waals surface area contributed by atoms with E-state index >= 15 is 0 Å². The highest BCUT2D eigenvalue weighted by molar-refractivity contribution is 6.76. The summed E-state index contributed by atoms with van der Waals surface area (Å²) in [5, 5.41) is 15.0. The molecule has 1 fully saturated rings. The Morgan fingerprint density at radius 3 is 2.75 bits per heavy atom. The van der Waals surface area contributed by atoms with Crippen molar-refractivity contribution in [3.05, 3.63) is 30.5 Å². The molecule has 3 heterocycles. The van der Waals surface area contributed by atoms with Gasteiger partial charge >= 0.3 is 5.97 Å². The molecule has 1 unspecified atom stereocenters. The predicted octanol–water partition coefficient (Wildman–Crippen LogP) is 5.43. The molecule has 3 aromatic heterocycles. The number of hydrogen-bond donors (Lipinski definition) is 0. The monoisotopic (exact) mass is 508 g/mol. The van der Waals surface area contributed by atoms with E-state index < -0.39 is 14.0 Å². The van der Waals surface area contributed by atoms with Crippen LogP contribution in [0.5, 0.6) is 0 Å². The fourth-order valence-electron chi connectivity index (χ4n) is 4.86. The lowest BCUT2D eigenvalue weighted by molar-refractivity contribution is 0.0518. The second-order valence-corrected chi connectivity index (χ2v) is 16.3. The zero-order valence-electron chi connectivity index (χ0n) is 21.7. The van der Waals surface area contributed by atoms with Gasteiger partial charge in [0.05, 0.1) is 36.4 Å². The van der Waals surface area contributed by atoms with E-state index in [0.29, 0.717) is 36.9 Å². The second kappa shape index (κ2) is 11.4. The Morgan fingerprint density at radius 1 is 1.28 bits per heavy atom. The van der Waals surface area contributed by atoms with Gasteiger partial charge in [0.15, 0.2) is 5.69 Å². The van der Waals surface area contributed by atoms with Crippen molar-refractivity contribution >= 4 is 25.1 Å². The van der Waals surface area contributed by atoms with E-state index in [1.807, 2.05) is 23.0 Å². The first-order chi connectivity index (χ1) is 17.3. The van der Waals surface area contributed by atoms with Crippen molar-refractivity contribution < 1.29 is 14.3 Å². The molecule has 3 aromatic rings. The summed E-state index contributed by atoms with van der Waals surface area (Å²) >= 11 is 0. The highest BCUT2D eigenvalue weighted by Crippen LogP contribution is 2.38. The van der Waals surface area contributed by atoms with Crippen LogP contribution in [0.3, 0.4) is 0 Å². The Bertz CT molecular complexity index is 1230. The van der Waals surface area contributed by atoms with E-state index in [1.165, 1.54) is 6.33 Å². The Hall–Kier alpha value is -3.03. The third-order valence-corrected chi connectivity index (χ3v) is 8.53. The lowest BCUT2D eigenvalue weighted by Crippen LogP contribution is -2.22. The molecule has 1 aliphatic rings. The van der Waals surface area contributed by atoms with Crippen molar-refractivity contribution in [2.45, 2.75) is 77.5 Å². The maximum atomic E-state index is 12.9. The molecule has 0 radical (unpaired) electrons. The fourth-order valence-corrected chi connectivity index (χ4v) is 5.62. The zero-order chi connectivity index (χ0) is 25.7. The van der Waals surface area contributed by atoms with Gasteiger partial charge in [-0.1, -0.05) is 32.5 Å². The van der Waals surface area contributed by atoms with E-state index in [2.05, 4.69) is 40.8 Å². The molecular formula is C26H36N6O3Si. The van der Waals surface area contributed by atoms with Gasteiger partial charge in [0.2, 0.25) is 0 Å². The van der Waals surface area contributed by atoms with Gasteiger partial charge in [-0.3, -0.25) is 4.68 Å². The number of esters is 1. The van der Waals surface area contributed by atoms with Gasteiger partial charge in [0.1, 0.15) is 18.7 Å². The fraction of sp³-hybridized carbons (Fsp3) is 0.577. The van der Waals surface area contributed by atoms with Gasteiger partial charge < -0.3 is 14.0 Å². The molecule has 0 aromatic carbocycles. The molecule has 4 rings (SSSR count). The average molecular weight is 509 g/mol. The first kappa shape index (κ1) is 26.0. The van der Waals surface area contributed by atoms with Gasteiger partial charge in [0.25, 0.3) is 0 Å². The Morgan fingerprint density at radius 2 is 2.06 bits per heavy atom. The molecule has 1 atom stereocenters. The molecule has 0 amide bonds. The van der Waals surface area contributed by atoms with E-state index in [-0.39, 0.29) is 18.3 Å². The summed E-state index contributed by atoms with van der Waals surface area (Å²) in [7, 11) is -1.17. The molecule has 9 nitrogen and oxygen atoms in total. The van der Waals surface area contributed by atoms with Crippen molar-refractivity contribution in [2.75, 3.05) is 13.2 Å². The molecule has 1 saturated carbocycles.